The van der Waals surface area contributed by atoms with Gasteiger partial charge >= 0.3 is 4.87 Å². The van der Waals surface area contributed by atoms with E-state index >= 15 is 0 Å². The van der Waals surface area contributed by atoms with Crippen LogP contribution in [0.2, 0.25) is 0 Å². The third kappa shape index (κ3) is 3.06. The topological polar surface area (TPSA) is 60.3 Å². The molecule has 0 saturated carbocycles. The molecule has 1 aliphatic heterocycles. The van der Waals surface area contributed by atoms with Gasteiger partial charge in [0, 0.05) is 36.0 Å². The van der Waals surface area contributed by atoms with Crippen molar-refractivity contribution in [3.05, 3.63) is 50.6 Å². The van der Waals surface area contributed by atoms with Crippen molar-refractivity contribution in [2.24, 2.45) is 0 Å². The number of para-hydroxylation sites is 1. The molecule has 0 aliphatic carbocycles. The maximum Gasteiger partial charge on any atom is 0.307 e. The van der Waals surface area contributed by atoms with Crippen molar-refractivity contribution in [1.82, 2.24) is 9.88 Å². The highest BCUT2D eigenvalue weighted by Crippen LogP contribution is 2.31. The Morgan fingerprint density at radius 2 is 2.27 bits per heavy atom. The number of aryl methyl sites for hydroxylation is 1. The van der Waals surface area contributed by atoms with Crippen LogP contribution in [0.25, 0.3) is 0 Å². The Bertz CT molecular complexity index is 735. The Kier molecular flexibility index (Phi) is 4.29. The summed E-state index contributed by atoms with van der Waals surface area (Å²) in [4.78, 5) is 23.8. The summed E-state index contributed by atoms with van der Waals surface area (Å²) in [5.41, 5.74) is 1.92. The first-order chi connectivity index (χ1) is 10.6. The number of nitrogens with zero attached hydrogens (tertiary/aromatic N) is 1. The summed E-state index contributed by atoms with van der Waals surface area (Å²) < 4.78 is 7.23. The van der Waals surface area contributed by atoms with Crippen LogP contribution in [0.1, 0.15) is 30.1 Å². The predicted molar refractivity (Wildman–Crippen MR) is 85.4 cm³/mol. The number of thiazole rings is 1. The molecular weight excluding hydrogens is 300 g/mol. The Morgan fingerprint density at radius 3 is 3.05 bits per heavy atom. The molecule has 116 valence electrons. The van der Waals surface area contributed by atoms with Gasteiger partial charge in [-0.05, 0) is 13.0 Å². The van der Waals surface area contributed by atoms with E-state index in [0.717, 1.165) is 23.4 Å². The summed E-state index contributed by atoms with van der Waals surface area (Å²) in [6.07, 6.45) is 1.07. The van der Waals surface area contributed by atoms with Gasteiger partial charge in [-0.15, -0.1) is 0 Å². The molecule has 0 saturated heterocycles. The van der Waals surface area contributed by atoms with Crippen LogP contribution in [0, 0.1) is 6.92 Å². The van der Waals surface area contributed by atoms with Gasteiger partial charge in [-0.25, -0.2) is 0 Å². The highest BCUT2D eigenvalue weighted by atomic mass is 32.1. The second-order valence-corrected chi connectivity index (χ2v) is 6.16. The smallest absolute Gasteiger partial charge is 0.307 e. The third-order valence-electron chi connectivity index (χ3n) is 3.83. The number of hydrogen-bond donors (Lipinski definition) is 1. The van der Waals surface area contributed by atoms with Gasteiger partial charge in [-0.2, -0.15) is 0 Å². The molecule has 0 radical (unpaired) electrons. The van der Waals surface area contributed by atoms with E-state index < -0.39 is 0 Å². The number of aromatic nitrogens is 1. The number of rotatable bonds is 4. The number of amides is 1. The van der Waals surface area contributed by atoms with Crippen LogP contribution >= 0.6 is 11.3 Å². The Labute approximate surface area is 132 Å². The SMILES string of the molecule is Cc1csc(=O)n1CCC(=O)N[C@H]1CCOc2ccccc21. The maximum absolute atomic E-state index is 12.2. The zero-order valence-electron chi connectivity index (χ0n) is 12.4. The highest BCUT2D eigenvalue weighted by Gasteiger charge is 2.22. The molecular formula is C16H18N2O3S. The minimum atomic E-state index is -0.0424. The van der Waals surface area contributed by atoms with Gasteiger partial charge in [0.2, 0.25) is 5.91 Å². The van der Waals surface area contributed by atoms with Crippen LogP contribution in [0.3, 0.4) is 0 Å². The van der Waals surface area contributed by atoms with Crippen LogP contribution in [-0.4, -0.2) is 17.1 Å². The lowest BCUT2D eigenvalue weighted by atomic mass is 10.0. The minimum absolute atomic E-state index is 0.0123. The van der Waals surface area contributed by atoms with Gasteiger partial charge in [0.1, 0.15) is 5.75 Å². The molecule has 1 amide bonds. The van der Waals surface area contributed by atoms with Crippen molar-refractivity contribution < 1.29 is 9.53 Å². The number of nitrogens with one attached hydrogen (secondary N) is 1. The summed E-state index contributed by atoms with van der Waals surface area (Å²) in [7, 11) is 0. The standard InChI is InChI=1S/C16H18N2O3S/c1-11-10-22-16(20)18(11)8-6-15(19)17-13-7-9-21-14-5-3-2-4-12(13)14/h2-5,10,13H,6-9H2,1H3,(H,17,19)/t13-/m0/s1. The molecule has 5 nitrogen and oxygen atoms in total. The van der Waals surface area contributed by atoms with Gasteiger partial charge < -0.3 is 14.6 Å². The average molecular weight is 318 g/mol. The molecule has 0 bridgehead atoms. The van der Waals surface area contributed by atoms with Crippen molar-refractivity contribution in [3.63, 3.8) is 0 Å². The molecule has 1 N–H and O–H groups in total. The zero-order valence-corrected chi connectivity index (χ0v) is 13.2. The zero-order chi connectivity index (χ0) is 15.5. The summed E-state index contributed by atoms with van der Waals surface area (Å²) in [6.45, 7) is 2.90. The second-order valence-electron chi connectivity index (χ2n) is 5.34. The van der Waals surface area contributed by atoms with Gasteiger partial charge in [0.15, 0.2) is 0 Å². The fraction of sp³-hybridized carbons (Fsp3) is 0.375. The minimum Gasteiger partial charge on any atom is -0.493 e. The number of ether oxygens (including phenoxy) is 1. The summed E-state index contributed by atoms with van der Waals surface area (Å²) in [6, 6.07) is 7.75. The van der Waals surface area contributed by atoms with Crippen molar-refractivity contribution in [2.75, 3.05) is 6.61 Å². The molecule has 0 unspecified atom stereocenters. The first-order valence-electron chi connectivity index (χ1n) is 7.31. The quantitative estimate of drug-likeness (QED) is 0.940. The fourth-order valence-corrected chi connectivity index (χ4v) is 3.41. The lowest BCUT2D eigenvalue weighted by Crippen LogP contribution is -2.33. The summed E-state index contributed by atoms with van der Waals surface area (Å²) >= 11 is 1.17. The molecule has 22 heavy (non-hydrogen) atoms. The first kappa shape index (κ1) is 14.8. The van der Waals surface area contributed by atoms with Gasteiger partial charge in [-0.1, -0.05) is 29.5 Å². The maximum atomic E-state index is 12.2. The normalized spacial score (nSPS) is 16.7. The molecule has 1 aromatic heterocycles. The Balaban J connectivity index is 1.62. The highest BCUT2D eigenvalue weighted by molar-refractivity contribution is 7.07. The van der Waals surface area contributed by atoms with Crippen LogP contribution < -0.4 is 14.9 Å². The van der Waals surface area contributed by atoms with E-state index in [4.69, 9.17) is 4.74 Å². The molecule has 1 atom stereocenters. The third-order valence-corrected chi connectivity index (χ3v) is 4.71. The molecule has 1 aliphatic rings. The lowest BCUT2D eigenvalue weighted by molar-refractivity contribution is -0.122. The number of carbonyl (C=O) groups is 1. The van der Waals surface area contributed by atoms with Crippen LogP contribution in [0.4, 0.5) is 0 Å². The molecule has 1 aromatic carbocycles. The van der Waals surface area contributed by atoms with Crippen LogP contribution in [-0.2, 0) is 11.3 Å². The summed E-state index contributed by atoms with van der Waals surface area (Å²) in [5, 5.41) is 4.86. The van der Waals surface area contributed by atoms with E-state index in [-0.39, 0.29) is 16.8 Å². The van der Waals surface area contributed by atoms with E-state index in [1.165, 1.54) is 11.3 Å². The molecule has 0 spiro atoms. The van der Waals surface area contributed by atoms with Gasteiger partial charge in [-0.3, -0.25) is 9.59 Å². The second kappa shape index (κ2) is 6.36. The monoisotopic (exact) mass is 318 g/mol. The average Bonchev–Trinajstić information content (AvgIpc) is 2.84. The van der Waals surface area contributed by atoms with Crippen molar-refractivity contribution >= 4 is 17.2 Å². The largest absolute Gasteiger partial charge is 0.493 e. The Hall–Kier alpha value is -2.08. The van der Waals surface area contributed by atoms with Crippen LogP contribution in [0.5, 0.6) is 5.75 Å². The Morgan fingerprint density at radius 1 is 1.45 bits per heavy atom. The molecule has 2 aromatic rings. The lowest BCUT2D eigenvalue weighted by Gasteiger charge is -2.26. The fourth-order valence-electron chi connectivity index (χ4n) is 2.65. The molecule has 3 rings (SSSR count). The number of hydrogen-bond acceptors (Lipinski definition) is 4. The number of benzene rings is 1. The van der Waals surface area contributed by atoms with E-state index in [1.807, 2.05) is 36.6 Å². The van der Waals surface area contributed by atoms with E-state index in [0.29, 0.717) is 19.6 Å². The van der Waals surface area contributed by atoms with E-state index in [1.54, 1.807) is 4.57 Å². The van der Waals surface area contributed by atoms with E-state index in [2.05, 4.69) is 5.32 Å². The first-order valence-corrected chi connectivity index (χ1v) is 8.19. The molecule has 0 fully saturated rings. The van der Waals surface area contributed by atoms with E-state index in [9.17, 15) is 9.59 Å². The van der Waals surface area contributed by atoms with Crippen LogP contribution in [0.15, 0.2) is 34.4 Å². The predicted octanol–water partition coefficient (Wildman–Crippen LogP) is 2.25. The molecule has 6 heteroatoms. The van der Waals surface area contributed by atoms with Crippen molar-refractivity contribution in [2.45, 2.75) is 32.4 Å². The van der Waals surface area contributed by atoms with Gasteiger partial charge in [0.05, 0.1) is 12.6 Å². The molecule has 2 heterocycles. The number of carbonyl (C=O) groups excluding carboxylic acids is 1. The van der Waals surface area contributed by atoms with Gasteiger partial charge in [0.25, 0.3) is 0 Å². The van der Waals surface area contributed by atoms with Crippen molar-refractivity contribution in [3.8, 4) is 5.75 Å². The summed E-state index contributed by atoms with van der Waals surface area (Å²) in [5.74, 6) is 0.795. The van der Waals surface area contributed by atoms with Crippen molar-refractivity contribution in [1.29, 1.82) is 0 Å². The number of fused-ring (bicyclic) bond motifs is 1.